The summed E-state index contributed by atoms with van der Waals surface area (Å²) >= 11 is 0. The van der Waals surface area contributed by atoms with Crippen molar-refractivity contribution < 1.29 is 0 Å². The molecule has 11 heavy (non-hydrogen) atoms. The van der Waals surface area contributed by atoms with Crippen LogP contribution in [0.25, 0.3) is 0 Å². The molecule has 0 nitrogen and oxygen atoms in total. The molecule has 0 aliphatic heterocycles. The summed E-state index contributed by atoms with van der Waals surface area (Å²) in [4.78, 5) is 0. The van der Waals surface area contributed by atoms with Gasteiger partial charge in [0.1, 0.15) is 0 Å². The fourth-order valence-corrected chi connectivity index (χ4v) is 2.69. The van der Waals surface area contributed by atoms with Crippen LogP contribution in [0.2, 0.25) is 0 Å². The molecule has 2 aliphatic carbocycles. The second-order valence-corrected chi connectivity index (χ2v) is 4.44. The lowest BCUT2D eigenvalue weighted by Crippen LogP contribution is -2.21. The average molecular weight is 152 g/mol. The lowest BCUT2D eigenvalue weighted by molar-refractivity contribution is 0.187. The van der Waals surface area contributed by atoms with Crippen molar-refractivity contribution in [2.75, 3.05) is 0 Å². The van der Waals surface area contributed by atoms with E-state index in [9.17, 15) is 0 Å². The van der Waals surface area contributed by atoms with Crippen LogP contribution in [0.3, 0.4) is 0 Å². The topological polar surface area (TPSA) is 0 Å². The normalized spacial score (nSPS) is 29.5. The molecular formula is C11H20. The average Bonchev–Trinajstić information content (AvgIpc) is 2.12. The van der Waals surface area contributed by atoms with Crippen molar-refractivity contribution in [3.63, 3.8) is 0 Å². The Bertz CT molecular complexity index is 105. The molecule has 0 aromatic heterocycles. The Hall–Kier alpha value is 0. The summed E-state index contributed by atoms with van der Waals surface area (Å²) < 4.78 is 0. The van der Waals surface area contributed by atoms with Gasteiger partial charge in [-0.25, -0.2) is 0 Å². The smallest absolute Gasteiger partial charge is 0.0386 e. The molecule has 64 valence electrons. The van der Waals surface area contributed by atoms with Crippen LogP contribution in [0.4, 0.5) is 0 Å². The summed E-state index contributed by atoms with van der Waals surface area (Å²) in [5.74, 6) is 2.30. The van der Waals surface area contributed by atoms with E-state index in [1.165, 1.54) is 32.1 Å². The van der Waals surface area contributed by atoms with Gasteiger partial charge < -0.3 is 0 Å². The highest BCUT2D eigenvalue weighted by Crippen LogP contribution is 2.39. The maximum atomic E-state index is 1.56. The van der Waals surface area contributed by atoms with Crippen molar-refractivity contribution in [2.24, 2.45) is 11.8 Å². The van der Waals surface area contributed by atoms with E-state index in [-0.39, 0.29) is 0 Å². The SMILES string of the molecule is C1CCCC(C2CCC2)CC1. The number of hydrogen-bond acceptors (Lipinski definition) is 0. The molecule has 0 aromatic carbocycles. The van der Waals surface area contributed by atoms with Crippen LogP contribution >= 0.6 is 0 Å². The molecule has 0 atom stereocenters. The minimum atomic E-state index is 1.14. The molecule has 0 amide bonds. The summed E-state index contributed by atoms with van der Waals surface area (Å²) in [6.45, 7) is 0. The maximum Gasteiger partial charge on any atom is -0.0386 e. The molecule has 0 aromatic rings. The Labute approximate surface area is 70.4 Å². The van der Waals surface area contributed by atoms with Gasteiger partial charge in [0.25, 0.3) is 0 Å². The Kier molecular flexibility index (Phi) is 2.50. The molecule has 0 saturated heterocycles. The minimum Gasteiger partial charge on any atom is -0.0533 e. The molecule has 0 heteroatoms. The Morgan fingerprint density at radius 3 is 1.27 bits per heavy atom. The van der Waals surface area contributed by atoms with Gasteiger partial charge in [0.15, 0.2) is 0 Å². The minimum absolute atomic E-state index is 1.14. The molecule has 2 rings (SSSR count). The fraction of sp³-hybridized carbons (Fsp3) is 1.00. The van der Waals surface area contributed by atoms with Gasteiger partial charge in [-0.3, -0.25) is 0 Å². The van der Waals surface area contributed by atoms with Gasteiger partial charge in [0, 0.05) is 0 Å². The van der Waals surface area contributed by atoms with Gasteiger partial charge in [-0.2, -0.15) is 0 Å². The van der Waals surface area contributed by atoms with Crippen molar-refractivity contribution in [1.29, 1.82) is 0 Å². The van der Waals surface area contributed by atoms with E-state index in [1.807, 2.05) is 0 Å². The molecular weight excluding hydrogens is 132 g/mol. The second-order valence-electron chi connectivity index (χ2n) is 4.44. The summed E-state index contributed by atoms with van der Waals surface area (Å²) in [5.41, 5.74) is 0. The molecule has 0 spiro atoms. The molecule has 0 heterocycles. The van der Waals surface area contributed by atoms with E-state index in [0.717, 1.165) is 11.8 Å². The van der Waals surface area contributed by atoms with Gasteiger partial charge in [0.05, 0.1) is 0 Å². The first kappa shape index (κ1) is 7.64. The molecule has 0 radical (unpaired) electrons. The highest BCUT2D eigenvalue weighted by Gasteiger charge is 2.27. The summed E-state index contributed by atoms with van der Waals surface area (Å²) in [5, 5.41) is 0. The fourth-order valence-electron chi connectivity index (χ4n) is 2.69. The summed E-state index contributed by atoms with van der Waals surface area (Å²) in [6, 6.07) is 0. The molecule has 2 saturated carbocycles. The van der Waals surface area contributed by atoms with Gasteiger partial charge in [-0.15, -0.1) is 0 Å². The first-order chi connectivity index (χ1) is 5.47. The van der Waals surface area contributed by atoms with Crippen LogP contribution in [0.15, 0.2) is 0 Å². The monoisotopic (exact) mass is 152 g/mol. The van der Waals surface area contributed by atoms with Crippen LogP contribution < -0.4 is 0 Å². The summed E-state index contributed by atoms with van der Waals surface area (Å²) in [7, 11) is 0. The van der Waals surface area contributed by atoms with E-state index in [4.69, 9.17) is 0 Å². The summed E-state index contributed by atoms with van der Waals surface area (Å²) in [6.07, 6.45) is 13.9. The highest BCUT2D eigenvalue weighted by molar-refractivity contribution is 4.78. The molecule has 0 bridgehead atoms. The number of hydrogen-bond donors (Lipinski definition) is 0. The van der Waals surface area contributed by atoms with Crippen molar-refractivity contribution in [3.8, 4) is 0 Å². The van der Waals surface area contributed by atoms with Gasteiger partial charge in [-0.1, -0.05) is 57.8 Å². The van der Waals surface area contributed by atoms with Crippen LogP contribution in [-0.4, -0.2) is 0 Å². The third kappa shape index (κ3) is 1.77. The van der Waals surface area contributed by atoms with Crippen LogP contribution in [0, 0.1) is 11.8 Å². The third-order valence-electron chi connectivity index (χ3n) is 3.72. The molecule has 2 aliphatic rings. The van der Waals surface area contributed by atoms with Gasteiger partial charge >= 0.3 is 0 Å². The van der Waals surface area contributed by atoms with E-state index in [2.05, 4.69) is 0 Å². The van der Waals surface area contributed by atoms with Gasteiger partial charge in [-0.05, 0) is 11.8 Å². The maximum absolute atomic E-state index is 1.56. The Morgan fingerprint density at radius 1 is 0.455 bits per heavy atom. The quantitative estimate of drug-likeness (QED) is 0.502. The largest absolute Gasteiger partial charge is 0.0533 e. The first-order valence-corrected chi connectivity index (χ1v) is 5.47. The Balaban J connectivity index is 1.80. The highest BCUT2D eigenvalue weighted by atomic mass is 14.3. The van der Waals surface area contributed by atoms with Crippen LogP contribution in [0.1, 0.15) is 57.8 Å². The van der Waals surface area contributed by atoms with Crippen molar-refractivity contribution in [2.45, 2.75) is 57.8 Å². The predicted molar refractivity (Wildman–Crippen MR) is 48.5 cm³/mol. The van der Waals surface area contributed by atoms with E-state index in [0.29, 0.717) is 0 Å². The molecule has 0 N–H and O–H groups in total. The predicted octanol–water partition coefficient (Wildman–Crippen LogP) is 3.76. The van der Waals surface area contributed by atoms with Crippen molar-refractivity contribution in [3.05, 3.63) is 0 Å². The van der Waals surface area contributed by atoms with Gasteiger partial charge in [0.2, 0.25) is 0 Å². The Morgan fingerprint density at radius 2 is 0.909 bits per heavy atom. The van der Waals surface area contributed by atoms with Crippen molar-refractivity contribution in [1.82, 2.24) is 0 Å². The molecule has 2 fully saturated rings. The zero-order valence-electron chi connectivity index (χ0n) is 7.52. The van der Waals surface area contributed by atoms with Crippen LogP contribution in [0.5, 0.6) is 0 Å². The second kappa shape index (κ2) is 3.60. The molecule has 0 unspecified atom stereocenters. The van der Waals surface area contributed by atoms with E-state index in [1.54, 1.807) is 25.7 Å². The standard InChI is InChI=1S/C11H20/c1-2-4-7-10(6-3-1)11-8-5-9-11/h10-11H,1-9H2. The zero-order valence-corrected chi connectivity index (χ0v) is 7.52. The van der Waals surface area contributed by atoms with Crippen molar-refractivity contribution >= 4 is 0 Å². The third-order valence-corrected chi connectivity index (χ3v) is 3.72. The van der Waals surface area contributed by atoms with Crippen LogP contribution in [-0.2, 0) is 0 Å². The number of rotatable bonds is 1. The first-order valence-electron chi connectivity index (χ1n) is 5.47. The lowest BCUT2D eigenvalue weighted by atomic mass is 9.73. The lowest BCUT2D eigenvalue weighted by Gasteiger charge is -2.33. The zero-order chi connectivity index (χ0) is 7.52. The van der Waals surface area contributed by atoms with E-state index < -0.39 is 0 Å². The van der Waals surface area contributed by atoms with E-state index >= 15 is 0 Å².